The molecule has 1 amide bonds. The number of hydrogen-bond acceptors (Lipinski definition) is 3. The summed E-state index contributed by atoms with van der Waals surface area (Å²) in [6.45, 7) is 2.20. The smallest absolute Gasteiger partial charge is 0.253 e. The van der Waals surface area contributed by atoms with Crippen LogP contribution in [0.4, 0.5) is 0 Å². The summed E-state index contributed by atoms with van der Waals surface area (Å²) in [6, 6.07) is 1.59. The summed E-state index contributed by atoms with van der Waals surface area (Å²) in [5.74, 6) is 0.388. The first kappa shape index (κ1) is 15.2. The average Bonchev–Trinajstić information content (AvgIpc) is 2.41. The molecule has 108 valence electrons. The second kappa shape index (κ2) is 6.06. The fourth-order valence-corrected chi connectivity index (χ4v) is 2.99. The van der Waals surface area contributed by atoms with E-state index in [1.54, 1.807) is 6.07 Å². The fourth-order valence-electron chi connectivity index (χ4n) is 2.53. The number of nitrogens with zero attached hydrogens (tertiary/aromatic N) is 1. The summed E-state index contributed by atoms with van der Waals surface area (Å²) in [5.41, 5.74) is 5.69. The molecular weight excluding hydrogens is 294 g/mol. The van der Waals surface area contributed by atoms with Gasteiger partial charge in [-0.25, -0.2) is 0 Å². The molecule has 1 aromatic rings. The van der Waals surface area contributed by atoms with Crippen LogP contribution >= 0.6 is 23.8 Å². The van der Waals surface area contributed by atoms with Crippen molar-refractivity contribution in [2.75, 3.05) is 0 Å². The molecule has 0 aliphatic heterocycles. The van der Waals surface area contributed by atoms with E-state index >= 15 is 0 Å². The maximum absolute atomic E-state index is 12.4. The molecule has 6 heteroatoms. The van der Waals surface area contributed by atoms with E-state index in [1.807, 2.05) is 0 Å². The highest BCUT2D eigenvalue weighted by Crippen LogP contribution is 2.32. The Bertz CT molecular complexity index is 527. The number of carbonyl (C=O) groups excluding carboxylic acids is 1. The van der Waals surface area contributed by atoms with Gasteiger partial charge in [-0.2, -0.15) is 0 Å². The van der Waals surface area contributed by atoms with E-state index in [0.29, 0.717) is 21.5 Å². The molecular formula is C14H18ClN3OS. The van der Waals surface area contributed by atoms with Crippen LogP contribution in [-0.2, 0) is 0 Å². The summed E-state index contributed by atoms with van der Waals surface area (Å²) in [4.78, 5) is 16.6. The van der Waals surface area contributed by atoms with E-state index in [1.165, 1.54) is 12.4 Å². The number of rotatable bonds is 3. The lowest BCUT2D eigenvalue weighted by atomic mass is 9.77. The summed E-state index contributed by atoms with van der Waals surface area (Å²) in [6.07, 6.45) is 6.54. The van der Waals surface area contributed by atoms with Gasteiger partial charge >= 0.3 is 0 Å². The number of nitrogens with one attached hydrogen (secondary N) is 1. The van der Waals surface area contributed by atoms with Crippen LogP contribution in [0.5, 0.6) is 0 Å². The molecule has 1 heterocycles. The Morgan fingerprint density at radius 2 is 2.20 bits per heavy atom. The van der Waals surface area contributed by atoms with Crippen LogP contribution in [0.2, 0.25) is 5.02 Å². The zero-order chi connectivity index (χ0) is 14.8. The fraction of sp³-hybridized carbons (Fsp3) is 0.500. The van der Waals surface area contributed by atoms with Gasteiger partial charge in [0, 0.05) is 12.4 Å². The largest absolute Gasteiger partial charge is 0.391 e. The molecule has 0 bridgehead atoms. The molecule has 3 N–H and O–H groups in total. The van der Waals surface area contributed by atoms with Crippen molar-refractivity contribution < 1.29 is 4.79 Å². The van der Waals surface area contributed by atoms with Crippen molar-refractivity contribution in [2.24, 2.45) is 11.7 Å². The topological polar surface area (TPSA) is 68.0 Å². The number of halogens is 1. The molecule has 0 saturated heterocycles. The highest BCUT2D eigenvalue weighted by atomic mass is 35.5. The van der Waals surface area contributed by atoms with Gasteiger partial charge in [0.15, 0.2) is 0 Å². The first-order valence-corrected chi connectivity index (χ1v) is 7.45. The van der Waals surface area contributed by atoms with Crippen molar-refractivity contribution in [3.05, 3.63) is 29.0 Å². The zero-order valence-corrected chi connectivity index (χ0v) is 12.9. The second-order valence-electron chi connectivity index (χ2n) is 5.44. The minimum atomic E-state index is -0.592. The lowest BCUT2D eigenvalue weighted by Crippen LogP contribution is -2.58. The van der Waals surface area contributed by atoms with E-state index < -0.39 is 5.54 Å². The molecule has 20 heavy (non-hydrogen) atoms. The molecule has 0 spiro atoms. The van der Waals surface area contributed by atoms with Gasteiger partial charge in [-0.15, -0.1) is 0 Å². The van der Waals surface area contributed by atoms with Gasteiger partial charge in [0.2, 0.25) is 0 Å². The Balaban J connectivity index is 2.19. The normalized spacial score (nSPS) is 26.0. The quantitative estimate of drug-likeness (QED) is 0.842. The van der Waals surface area contributed by atoms with Crippen molar-refractivity contribution in [1.29, 1.82) is 0 Å². The Morgan fingerprint density at radius 1 is 1.55 bits per heavy atom. The standard InChI is InChI=1S/C14H18ClN3OS/c1-9-2-5-14(6-3-9,13(16)20)18-12(19)10-4-7-17-8-11(10)15/h4,7-9H,2-3,5-6H2,1H3,(H2,16,20)(H,18,19). The molecule has 0 radical (unpaired) electrons. The van der Waals surface area contributed by atoms with Gasteiger partial charge in [0.25, 0.3) is 5.91 Å². The maximum atomic E-state index is 12.4. The van der Waals surface area contributed by atoms with Gasteiger partial charge in [-0.1, -0.05) is 30.7 Å². The van der Waals surface area contributed by atoms with Gasteiger partial charge in [-0.3, -0.25) is 9.78 Å². The van der Waals surface area contributed by atoms with E-state index in [0.717, 1.165) is 25.7 Å². The minimum Gasteiger partial charge on any atom is -0.391 e. The predicted octanol–water partition coefficient (Wildman–Crippen LogP) is 2.70. The first-order valence-electron chi connectivity index (χ1n) is 6.66. The monoisotopic (exact) mass is 311 g/mol. The van der Waals surface area contributed by atoms with Crippen molar-refractivity contribution in [2.45, 2.75) is 38.1 Å². The highest BCUT2D eigenvalue weighted by molar-refractivity contribution is 7.80. The number of aromatic nitrogens is 1. The zero-order valence-electron chi connectivity index (χ0n) is 11.4. The van der Waals surface area contributed by atoms with Crippen molar-refractivity contribution in [1.82, 2.24) is 10.3 Å². The minimum absolute atomic E-state index is 0.250. The summed E-state index contributed by atoms with van der Waals surface area (Å²) in [7, 11) is 0. The van der Waals surface area contributed by atoms with Crippen LogP contribution in [0.1, 0.15) is 43.0 Å². The number of thiocarbonyl (C=S) groups is 1. The molecule has 2 rings (SSSR count). The second-order valence-corrected chi connectivity index (χ2v) is 6.29. The Kier molecular flexibility index (Phi) is 4.60. The first-order chi connectivity index (χ1) is 9.44. The third kappa shape index (κ3) is 3.10. The summed E-state index contributed by atoms with van der Waals surface area (Å²) >= 11 is 11.2. The van der Waals surface area contributed by atoms with Crippen LogP contribution in [0.15, 0.2) is 18.5 Å². The van der Waals surface area contributed by atoms with Crippen molar-refractivity contribution >= 4 is 34.7 Å². The Labute approximate surface area is 129 Å². The Hall–Kier alpha value is -1.20. The lowest BCUT2D eigenvalue weighted by molar-refractivity contribution is 0.0900. The van der Waals surface area contributed by atoms with Crippen LogP contribution < -0.4 is 11.1 Å². The number of amides is 1. The predicted molar refractivity (Wildman–Crippen MR) is 83.9 cm³/mol. The van der Waals surface area contributed by atoms with Gasteiger partial charge < -0.3 is 11.1 Å². The summed E-state index contributed by atoms with van der Waals surface area (Å²) in [5, 5.41) is 3.32. The third-order valence-electron chi connectivity index (χ3n) is 3.97. The molecule has 4 nitrogen and oxygen atoms in total. The van der Waals surface area contributed by atoms with E-state index in [2.05, 4.69) is 17.2 Å². The Morgan fingerprint density at radius 3 is 2.75 bits per heavy atom. The maximum Gasteiger partial charge on any atom is 0.253 e. The average molecular weight is 312 g/mol. The molecule has 1 aromatic heterocycles. The van der Waals surface area contributed by atoms with Gasteiger partial charge in [0.1, 0.15) is 0 Å². The van der Waals surface area contributed by atoms with E-state index in [-0.39, 0.29) is 5.91 Å². The van der Waals surface area contributed by atoms with E-state index in [9.17, 15) is 4.79 Å². The van der Waals surface area contributed by atoms with Crippen LogP contribution in [0.25, 0.3) is 0 Å². The number of nitrogens with two attached hydrogens (primary N) is 1. The molecule has 1 saturated carbocycles. The third-order valence-corrected chi connectivity index (χ3v) is 4.66. The lowest BCUT2D eigenvalue weighted by Gasteiger charge is -2.39. The molecule has 1 aliphatic carbocycles. The van der Waals surface area contributed by atoms with Crippen LogP contribution in [-0.4, -0.2) is 21.4 Å². The number of pyridine rings is 1. The van der Waals surface area contributed by atoms with Gasteiger partial charge in [0.05, 0.1) is 21.1 Å². The molecule has 0 atom stereocenters. The summed E-state index contributed by atoms with van der Waals surface area (Å²) < 4.78 is 0. The molecule has 1 aliphatic rings. The SMILES string of the molecule is CC1CCC(NC(=O)c2ccncc2Cl)(C(N)=S)CC1. The van der Waals surface area contributed by atoms with Crippen molar-refractivity contribution in [3.63, 3.8) is 0 Å². The number of hydrogen-bond donors (Lipinski definition) is 2. The van der Waals surface area contributed by atoms with Crippen LogP contribution in [0.3, 0.4) is 0 Å². The van der Waals surface area contributed by atoms with Crippen molar-refractivity contribution in [3.8, 4) is 0 Å². The van der Waals surface area contributed by atoms with Crippen LogP contribution in [0, 0.1) is 5.92 Å². The molecule has 0 aromatic carbocycles. The highest BCUT2D eigenvalue weighted by Gasteiger charge is 2.38. The van der Waals surface area contributed by atoms with Gasteiger partial charge in [-0.05, 0) is 37.7 Å². The molecule has 1 fully saturated rings. The number of carbonyl (C=O) groups is 1. The molecule has 0 unspecified atom stereocenters. The van der Waals surface area contributed by atoms with E-state index in [4.69, 9.17) is 29.6 Å².